The van der Waals surface area contributed by atoms with Crippen molar-refractivity contribution in [2.24, 2.45) is 5.84 Å². The Kier molecular flexibility index (Phi) is 3.89. The fourth-order valence-corrected chi connectivity index (χ4v) is 2.04. The van der Waals surface area contributed by atoms with E-state index in [1.807, 2.05) is 24.3 Å². The number of hydrazine groups is 1. The van der Waals surface area contributed by atoms with E-state index in [4.69, 9.17) is 5.84 Å². The van der Waals surface area contributed by atoms with E-state index >= 15 is 0 Å². The monoisotopic (exact) mass is 291 g/mol. The van der Waals surface area contributed by atoms with Crippen LogP contribution in [0.5, 0.6) is 0 Å². The van der Waals surface area contributed by atoms with Gasteiger partial charge < -0.3 is 0 Å². The molecule has 0 saturated carbocycles. The highest BCUT2D eigenvalue weighted by atomic mass is 79.9. The number of nitrogens with one attached hydrogen (secondary N) is 1. The zero-order valence-electron chi connectivity index (χ0n) is 9.52. The predicted octanol–water partition coefficient (Wildman–Crippen LogP) is 2.71. The molecule has 17 heavy (non-hydrogen) atoms. The lowest BCUT2D eigenvalue weighted by atomic mass is 9.99. The summed E-state index contributed by atoms with van der Waals surface area (Å²) >= 11 is 3.37. The molecule has 1 unspecified atom stereocenters. The van der Waals surface area contributed by atoms with Crippen LogP contribution < -0.4 is 11.3 Å². The number of aryl methyl sites for hydroxylation is 1. The van der Waals surface area contributed by atoms with Crippen LogP contribution in [0.15, 0.2) is 47.1 Å². The maximum Gasteiger partial charge on any atom is 0.0883 e. The molecule has 4 heteroatoms. The van der Waals surface area contributed by atoms with Crippen molar-refractivity contribution in [3.63, 3.8) is 0 Å². The largest absolute Gasteiger partial charge is 0.271 e. The van der Waals surface area contributed by atoms with Crippen LogP contribution in [0.1, 0.15) is 22.9 Å². The van der Waals surface area contributed by atoms with Crippen molar-refractivity contribution >= 4 is 15.9 Å². The van der Waals surface area contributed by atoms with Crippen LogP contribution in [0.25, 0.3) is 0 Å². The second kappa shape index (κ2) is 5.40. The van der Waals surface area contributed by atoms with Crippen molar-refractivity contribution < 1.29 is 0 Å². The quantitative estimate of drug-likeness (QED) is 0.675. The number of pyridine rings is 1. The second-order valence-corrected chi connectivity index (χ2v) is 4.77. The molecule has 0 spiro atoms. The minimum absolute atomic E-state index is 0.0794. The summed E-state index contributed by atoms with van der Waals surface area (Å²) in [5, 5.41) is 0. The average Bonchev–Trinajstić information content (AvgIpc) is 2.35. The Balaban J connectivity index is 2.40. The molecule has 0 saturated heterocycles. The van der Waals surface area contributed by atoms with Gasteiger partial charge >= 0.3 is 0 Å². The Morgan fingerprint density at radius 2 is 2.00 bits per heavy atom. The van der Waals surface area contributed by atoms with Crippen LogP contribution >= 0.6 is 15.9 Å². The Hall–Kier alpha value is -1.23. The molecule has 0 aliphatic carbocycles. The molecule has 88 valence electrons. The fraction of sp³-hybridized carbons (Fsp3) is 0.154. The normalized spacial score (nSPS) is 12.4. The first-order valence-corrected chi connectivity index (χ1v) is 6.15. The van der Waals surface area contributed by atoms with Crippen molar-refractivity contribution in [3.05, 3.63) is 63.9 Å². The van der Waals surface area contributed by atoms with Gasteiger partial charge in [-0.3, -0.25) is 10.8 Å². The molecule has 3 N–H and O–H groups in total. The number of nitrogens with two attached hydrogens (primary N) is 1. The fourth-order valence-electron chi connectivity index (χ4n) is 1.80. The molecule has 0 amide bonds. The van der Waals surface area contributed by atoms with Crippen LogP contribution in [-0.4, -0.2) is 4.98 Å². The number of benzene rings is 1. The molecule has 0 bridgehead atoms. The SMILES string of the molecule is Cc1ccccc1C(NN)c1ccc(Br)cn1. The van der Waals surface area contributed by atoms with E-state index < -0.39 is 0 Å². The van der Waals surface area contributed by atoms with Crippen molar-refractivity contribution in [3.8, 4) is 0 Å². The number of rotatable bonds is 3. The van der Waals surface area contributed by atoms with E-state index in [0.717, 1.165) is 15.7 Å². The van der Waals surface area contributed by atoms with E-state index in [1.165, 1.54) is 5.56 Å². The molecule has 2 rings (SSSR count). The molecule has 0 fully saturated rings. The second-order valence-electron chi connectivity index (χ2n) is 3.86. The van der Waals surface area contributed by atoms with E-state index in [-0.39, 0.29) is 6.04 Å². The van der Waals surface area contributed by atoms with Gasteiger partial charge in [0.05, 0.1) is 11.7 Å². The Bertz CT molecular complexity index is 496. The molecule has 1 aromatic carbocycles. The summed E-state index contributed by atoms with van der Waals surface area (Å²) < 4.78 is 0.960. The smallest absolute Gasteiger partial charge is 0.0883 e. The lowest BCUT2D eigenvalue weighted by Gasteiger charge is -2.17. The number of aromatic nitrogens is 1. The van der Waals surface area contributed by atoms with Crippen LogP contribution in [0.4, 0.5) is 0 Å². The van der Waals surface area contributed by atoms with Gasteiger partial charge in [-0.25, -0.2) is 5.43 Å². The lowest BCUT2D eigenvalue weighted by Crippen LogP contribution is -2.30. The van der Waals surface area contributed by atoms with Gasteiger partial charge in [-0.05, 0) is 46.1 Å². The molecule has 2 aromatic rings. The molecule has 3 nitrogen and oxygen atoms in total. The minimum atomic E-state index is -0.0794. The third-order valence-corrected chi connectivity index (χ3v) is 3.18. The highest BCUT2D eigenvalue weighted by molar-refractivity contribution is 9.10. The highest BCUT2D eigenvalue weighted by Gasteiger charge is 2.15. The van der Waals surface area contributed by atoms with Crippen LogP contribution in [0, 0.1) is 6.92 Å². The first kappa shape index (κ1) is 12.2. The molecular weight excluding hydrogens is 278 g/mol. The molecule has 1 aromatic heterocycles. The molecular formula is C13H14BrN3. The van der Waals surface area contributed by atoms with E-state index in [0.29, 0.717) is 0 Å². The number of halogens is 1. The number of nitrogens with zero attached hydrogens (tertiary/aromatic N) is 1. The summed E-state index contributed by atoms with van der Waals surface area (Å²) in [7, 11) is 0. The summed E-state index contributed by atoms with van der Waals surface area (Å²) in [6, 6.07) is 12.0. The van der Waals surface area contributed by atoms with Crippen molar-refractivity contribution in [1.29, 1.82) is 0 Å². The summed E-state index contributed by atoms with van der Waals surface area (Å²) in [5.74, 6) is 5.64. The molecule has 1 atom stereocenters. The van der Waals surface area contributed by atoms with Gasteiger partial charge in [-0.2, -0.15) is 0 Å². The Morgan fingerprint density at radius 3 is 2.59 bits per heavy atom. The van der Waals surface area contributed by atoms with Crippen molar-refractivity contribution in [1.82, 2.24) is 10.4 Å². The van der Waals surface area contributed by atoms with E-state index in [2.05, 4.69) is 45.4 Å². The van der Waals surface area contributed by atoms with Crippen molar-refractivity contribution in [2.45, 2.75) is 13.0 Å². The first-order chi connectivity index (χ1) is 8.22. The summed E-state index contributed by atoms with van der Waals surface area (Å²) in [4.78, 5) is 4.38. The van der Waals surface area contributed by atoms with Gasteiger partial charge in [-0.1, -0.05) is 24.3 Å². The van der Waals surface area contributed by atoms with Gasteiger partial charge in [0.25, 0.3) is 0 Å². The third-order valence-electron chi connectivity index (χ3n) is 2.71. The average molecular weight is 292 g/mol. The van der Waals surface area contributed by atoms with Crippen LogP contribution in [-0.2, 0) is 0 Å². The third kappa shape index (κ3) is 2.72. The molecule has 0 aliphatic rings. The minimum Gasteiger partial charge on any atom is -0.271 e. The predicted molar refractivity (Wildman–Crippen MR) is 72.3 cm³/mol. The lowest BCUT2D eigenvalue weighted by molar-refractivity contribution is 0.617. The highest BCUT2D eigenvalue weighted by Crippen LogP contribution is 2.23. The number of hydrogen-bond acceptors (Lipinski definition) is 3. The van der Waals surface area contributed by atoms with Crippen molar-refractivity contribution in [2.75, 3.05) is 0 Å². The Morgan fingerprint density at radius 1 is 1.24 bits per heavy atom. The molecule has 1 heterocycles. The van der Waals surface area contributed by atoms with Gasteiger partial charge in [0.15, 0.2) is 0 Å². The van der Waals surface area contributed by atoms with Crippen LogP contribution in [0.3, 0.4) is 0 Å². The standard InChI is InChI=1S/C13H14BrN3/c1-9-4-2-3-5-11(9)13(17-15)12-7-6-10(14)8-16-12/h2-8,13,17H,15H2,1H3. The maximum atomic E-state index is 5.64. The molecule has 0 radical (unpaired) electrons. The van der Waals surface area contributed by atoms with Gasteiger partial charge in [0, 0.05) is 10.7 Å². The maximum absolute atomic E-state index is 5.64. The Labute approximate surface area is 109 Å². The zero-order chi connectivity index (χ0) is 12.3. The van der Waals surface area contributed by atoms with Crippen LogP contribution in [0.2, 0.25) is 0 Å². The summed E-state index contributed by atoms with van der Waals surface area (Å²) in [6.45, 7) is 2.07. The van der Waals surface area contributed by atoms with Gasteiger partial charge in [-0.15, -0.1) is 0 Å². The van der Waals surface area contributed by atoms with E-state index in [9.17, 15) is 0 Å². The van der Waals surface area contributed by atoms with Gasteiger partial charge in [0.1, 0.15) is 0 Å². The zero-order valence-corrected chi connectivity index (χ0v) is 11.1. The number of hydrogen-bond donors (Lipinski definition) is 2. The summed E-state index contributed by atoms with van der Waals surface area (Å²) in [5.41, 5.74) is 6.06. The summed E-state index contributed by atoms with van der Waals surface area (Å²) in [6.07, 6.45) is 1.78. The first-order valence-electron chi connectivity index (χ1n) is 5.35. The van der Waals surface area contributed by atoms with Gasteiger partial charge in [0.2, 0.25) is 0 Å². The van der Waals surface area contributed by atoms with E-state index in [1.54, 1.807) is 6.20 Å². The molecule has 0 aliphatic heterocycles. The topological polar surface area (TPSA) is 50.9 Å².